The summed E-state index contributed by atoms with van der Waals surface area (Å²) in [4.78, 5) is 4.58. The highest BCUT2D eigenvalue weighted by molar-refractivity contribution is 5.68. The third kappa shape index (κ3) is 6.76. The first kappa shape index (κ1) is 26.0. The Kier molecular flexibility index (Phi) is 9.18. The maximum Gasteiger partial charge on any atom is 0.232 e. The van der Waals surface area contributed by atoms with Crippen molar-refractivity contribution in [3.05, 3.63) is 71.3 Å². The van der Waals surface area contributed by atoms with Crippen LogP contribution in [0.25, 0.3) is 11.3 Å². The van der Waals surface area contributed by atoms with Gasteiger partial charge in [0.1, 0.15) is 12.3 Å². The molecule has 190 valence electrons. The minimum atomic E-state index is -0.629. The molecule has 2 heterocycles. The Hall–Kier alpha value is -3.11. The van der Waals surface area contributed by atoms with E-state index in [0.717, 1.165) is 55.2 Å². The maximum absolute atomic E-state index is 10.7. The quantitative estimate of drug-likeness (QED) is 0.294. The zero-order chi connectivity index (χ0) is 25.3. The van der Waals surface area contributed by atoms with Gasteiger partial charge in [-0.1, -0.05) is 79.5 Å². The maximum atomic E-state index is 10.7. The number of aromatic nitrogens is 1. The topological polar surface area (TPSA) is 62.0 Å². The Morgan fingerprint density at radius 1 is 1.14 bits per heavy atom. The number of fused-ring (bicyclic) bond motifs is 1. The van der Waals surface area contributed by atoms with Gasteiger partial charge < -0.3 is 19.3 Å². The number of benzene rings is 2. The van der Waals surface area contributed by atoms with E-state index in [0.29, 0.717) is 19.0 Å². The van der Waals surface area contributed by atoms with Gasteiger partial charge in [-0.05, 0) is 36.4 Å². The van der Waals surface area contributed by atoms with Crippen LogP contribution in [0.5, 0.6) is 0 Å². The molecule has 36 heavy (non-hydrogen) atoms. The van der Waals surface area contributed by atoms with Crippen LogP contribution in [0, 0.1) is 18.3 Å². The summed E-state index contributed by atoms with van der Waals surface area (Å²) in [6, 6.07) is 18.8. The van der Waals surface area contributed by atoms with Crippen molar-refractivity contribution >= 4 is 5.88 Å². The van der Waals surface area contributed by atoms with Crippen molar-refractivity contribution in [3.63, 3.8) is 0 Å². The molecule has 6 nitrogen and oxygen atoms in total. The molecule has 2 aromatic carbocycles. The van der Waals surface area contributed by atoms with Crippen LogP contribution in [-0.4, -0.2) is 54.1 Å². The van der Waals surface area contributed by atoms with Crippen molar-refractivity contribution in [2.24, 2.45) is 5.92 Å². The lowest BCUT2D eigenvalue weighted by atomic mass is 9.99. The first-order chi connectivity index (χ1) is 17.5. The summed E-state index contributed by atoms with van der Waals surface area (Å²) < 4.78 is 11.5. The van der Waals surface area contributed by atoms with Crippen molar-refractivity contribution in [2.45, 2.75) is 45.9 Å². The summed E-state index contributed by atoms with van der Waals surface area (Å²) in [6.07, 6.45) is 6.65. The zero-order valence-corrected chi connectivity index (χ0v) is 21.4. The fourth-order valence-corrected chi connectivity index (χ4v) is 4.69. The molecule has 0 aliphatic carbocycles. The van der Waals surface area contributed by atoms with Gasteiger partial charge in [-0.3, -0.25) is 4.90 Å². The first-order valence-corrected chi connectivity index (χ1v) is 12.8. The Morgan fingerprint density at radius 3 is 2.64 bits per heavy atom. The van der Waals surface area contributed by atoms with Gasteiger partial charge in [0.05, 0.1) is 18.3 Å². The number of rotatable bonds is 12. The van der Waals surface area contributed by atoms with E-state index in [-0.39, 0.29) is 13.2 Å². The minimum Gasteiger partial charge on any atom is -0.389 e. The van der Waals surface area contributed by atoms with Crippen LogP contribution in [0.3, 0.4) is 0 Å². The molecule has 6 heteroatoms. The van der Waals surface area contributed by atoms with Crippen molar-refractivity contribution in [3.8, 4) is 23.6 Å². The number of terminal acetylenes is 1. The SMILES string of the molecule is C#CCOC[C@H](O)CN(CCC(C)C)Cc1c(-c2ccccc2)noc1N1CCc2ccccc2C1. The normalized spacial score (nSPS) is 14.2. The van der Waals surface area contributed by atoms with Gasteiger partial charge in [0.2, 0.25) is 5.88 Å². The predicted octanol–water partition coefficient (Wildman–Crippen LogP) is 4.76. The van der Waals surface area contributed by atoms with Crippen LogP contribution in [0.2, 0.25) is 0 Å². The number of hydrogen-bond acceptors (Lipinski definition) is 6. The van der Waals surface area contributed by atoms with E-state index >= 15 is 0 Å². The van der Waals surface area contributed by atoms with E-state index in [2.05, 4.69) is 71.1 Å². The standard InChI is InChI=1S/C30H37N3O3/c1-4-18-35-22-27(34)20-32(16-14-23(2)3)21-28-29(25-11-6-5-7-12-25)31-36-30(28)33-17-15-24-10-8-9-13-26(24)19-33/h1,5-13,23,27,34H,14-22H2,2-3H3/t27-/m1/s1. The molecule has 0 saturated carbocycles. The molecule has 0 fully saturated rings. The second-order valence-electron chi connectivity index (χ2n) is 9.91. The molecular weight excluding hydrogens is 450 g/mol. The van der Waals surface area contributed by atoms with E-state index in [9.17, 15) is 5.11 Å². The molecule has 0 unspecified atom stereocenters. The van der Waals surface area contributed by atoms with Crippen molar-refractivity contribution in [2.75, 3.05) is 37.7 Å². The van der Waals surface area contributed by atoms with Crippen LogP contribution in [-0.2, 0) is 24.2 Å². The lowest BCUT2D eigenvalue weighted by Gasteiger charge is -2.30. The van der Waals surface area contributed by atoms with Gasteiger partial charge in [-0.15, -0.1) is 6.42 Å². The predicted molar refractivity (Wildman–Crippen MR) is 144 cm³/mol. The van der Waals surface area contributed by atoms with Gasteiger partial charge in [0.25, 0.3) is 0 Å². The van der Waals surface area contributed by atoms with Gasteiger partial charge >= 0.3 is 0 Å². The number of anilines is 1. The Bertz CT molecular complexity index is 1140. The van der Waals surface area contributed by atoms with Gasteiger partial charge in [0, 0.05) is 31.7 Å². The van der Waals surface area contributed by atoms with Crippen molar-refractivity contribution in [1.82, 2.24) is 10.1 Å². The number of aliphatic hydroxyl groups is 1. The second kappa shape index (κ2) is 12.7. The van der Waals surface area contributed by atoms with Crippen LogP contribution in [0.15, 0.2) is 59.1 Å². The van der Waals surface area contributed by atoms with E-state index in [1.54, 1.807) is 0 Å². The Balaban J connectivity index is 1.62. The number of aliphatic hydroxyl groups excluding tert-OH is 1. The van der Waals surface area contributed by atoms with Gasteiger partial charge in [-0.25, -0.2) is 0 Å². The third-order valence-electron chi connectivity index (χ3n) is 6.60. The summed E-state index contributed by atoms with van der Waals surface area (Å²) in [7, 11) is 0. The third-order valence-corrected chi connectivity index (χ3v) is 6.60. The molecule has 1 aliphatic heterocycles. The van der Waals surface area contributed by atoms with Gasteiger partial charge in [0.15, 0.2) is 0 Å². The molecule has 4 rings (SSSR count). The largest absolute Gasteiger partial charge is 0.389 e. The van der Waals surface area contributed by atoms with Crippen molar-refractivity contribution in [1.29, 1.82) is 0 Å². The molecule has 0 spiro atoms. The highest BCUT2D eigenvalue weighted by atomic mass is 16.5. The summed E-state index contributed by atoms with van der Waals surface area (Å²) in [6.45, 7) is 8.49. The molecule has 1 aromatic heterocycles. The number of ether oxygens (including phenoxy) is 1. The monoisotopic (exact) mass is 487 g/mol. The molecule has 1 N–H and O–H groups in total. The lowest BCUT2D eigenvalue weighted by molar-refractivity contribution is 0.0252. The van der Waals surface area contributed by atoms with Crippen LogP contribution < -0.4 is 4.90 Å². The van der Waals surface area contributed by atoms with E-state index in [4.69, 9.17) is 15.7 Å². The Labute approximate surface area is 214 Å². The summed E-state index contributed by atoms with van der Waals surface area (Å²) in [5, 5.41) is 15.2. The lowest BCUT2D eigenvalue weighted by Crippen LogP contribution is -2.36. The van der Waals surface area contributed by atoms with Crippen LogP contribution in [0.4, 0.5) is 5.88 Å². The molecular formula is C30H37N3O3. The highest BCUT2D eigenvalue weighted by Gasteiger charge is 2.27. The second-order valence-corrected chi connectivity index (χ2v) is 9.91. The molecule has 1 aliphatic rings. The smallest absolute Gasteiger partial charge is 0.232 e. The average Bonchev–Trinajstić information content (AvgIpc) is 3.31. The fourth-order valence-electron chi connectivity index (χ4n) is 4.69. The highest BCUT2D eigenvalue weighted by Crippen LogP contribution is 2.35. The summed E-state index contributed by atoms with van der Waals surface area (Å²) >= 11 is 0. The molecule has 0 saturated heterocycles. The molecule has 0 radical (unpaired) electrons. The first-order valence-electron chi connectivity index (χ1n) is 12.8. The minimum absolute atomic E-state index is 0.202. The summed E-state index contributed by atoms with van der Waals surface area (Å²) in [5.74, 6) is 3.82. The number of hydrogen-bond donors (Lipinski definition) is 1. The summed E-state index contributed by atoms with van der Waals surface area (Å²) in [5.41, 5.74) is 5.66. The van der Waals surface area contributed by atoms with Crippen molar-refractivity contribution < 1.29 is 14.4 Å². The van der Waals surface area contributed by atoms with Crippen LogP contribution in [0.1, 0.15) is 37.0 Å². The van der Waals surface area contributed by atoms with E-state index < -0.39 is 6.10 Å². The van der Waals surface area contributed by atoms with E-state index in [1.165, 1.54) is 11.1 Å². The molecule has 1 atom stereocenters. The Morgan fingerprint density at radius 2 is 1.89 bits per heavy atom. The van der Waals surface area contributed by atoms with E-state index in [1.807, 2.05) is 18.2 Å². The fraction of sp³-hybridized carbons (Fsp3) is 0.433. The number of nitrogens with zero attached hydrogens (tertiary/aromatic N) is 3. The zero-order valence-electron chi connectivity index (χ0n) is 21.4. The molecule has 3 aromatic rings. The molecule has 0 bridgehead atoms. The molecule has 0 amide bonds. The van der Waals surface area contributed by atoms with Gasteiger partial charge in [-0.2, -0.15) is 0 Å². The van der Waals surface area contributed by atoms with Crippen LogP contribution >= 0.6 is 0 Å². The average molecular weight is 488 g/mol.